The molecule has 55 heavy (non-hydrogen) atoms. The van der Waals surface area contributed by atoms with E-state index in [1.165, 1.54) is 128 Å². The van der Waals surface area contributed by atoms with Gasteiger partial charge in [-0.15, -0.1) is 0 Å². The molecule has 310 valence electrons. The van der Waals surface area contributed by atoms with Crippen molar-refractivity contribution in [1.29, 1.82) is 0 Å². The second-order valence-electron chi connectivity index (χ2n) is 16.2. The van der Waals surface area contributed by atoms with Crippen LogP contribution in [0.3, 0.4) is 0 Å². The summed E-state index contributed by atoms with van der Waals surface area (Å²) in [4.78, 5) is 12.5. The van der Waals surface area contributed by atoms with E-state index in [-0.39, 0.29) is 24.3 Å². The number of allylic oxidation sites excluding steroid dienone is 8. The highest BCUT2D eigenvalue weighted by molar-refractivity contribution is 5.67. The van der Waals surface area contributed by atoms with Crippen molar-refractivity contribution in [2.75, 3.05) is 0 Å². The maximum atomic E-state index is 12.5. The van der Waals surface area contributed by atoms with Gasteiger partial charge in [0.15, 0.2) is 5.79 Å². The van der Waals surface area contributed by atoms with E-state index in [9.17, 15) is 4.79 Å². The number of carbonyl (C=O) groups is 1. The quantitative estimate of drug-likeness (QED) is 0.0605. The van der Waals surface area contributed by atoms with E-state index in [1.54, 1.807) is 0 Å². The number of benzene rings is 1. The van der Waals surface area contributed by atoms with Gasteiger partial charge in [0.05, 0.1) is 12.2 Å². The Balaban J connectivity index is 1.33. The molecule has 1 spiro atoms. The molecule has 1 N–H and O–H groups in total. The monoisotopic (exact) mass is 760 g/mol. The summed E-state index contributed by atoms with van der Waals surface area (Å²) in [6, 6.07) is 9.95. The van der Waals surface area contributed by atoms with Gasteiger partial charge in [0.25, 0.3) is 0 Å². The van der Waals surface area contributed by atoms with Gasteiger partial charge >= 0.3 is 6.09 Å². The van der Waals surface area contributed by atoms with Gasteiger partial charge in [-0.2, -0.15) is 0 Å². The van der Waals surface area contributed by atoms with E-state index in [1.807, 2.05) is 30.3 Å². The van der Waals surface area contributed by atoms with Gasteiger partial charge in [0.2, 0.25) is 0 Å². The maximum Gasteiger partial charge on any atom is 0.407 e. The first-order valence-corrected chi connectivity index (χ1v) is 23.1. The SMILES string of the molecule is CCCCC/C=C\C/C=C\CCCCCCCC1OC2(CCC(NC(=O)OCc3ccccc3)CC2)OC1CCCCCCC/C=C\C/C=C\CCCCC. The smallest absolute Gasteiger partial charge is 0.407 e. The number of carbonyl (C=O) groups excluding carboxylic acids is 1. The van der Waals surface area contributed by atoms with Crippen molar-refractivity contribution in [2.45, 2.75) is 224 Å². The van der Waals surface area contributed by atoms with E-state index in [4.69, 9.17) is 14.2 Å². The van der Waals surface area contributed by atoms with Crippen LogP contribution < -0.4 is 5.32 Å². The molecule has 1 aliphatic heterocycles. The lowest BCUT2D eigenvalue weighted by molar-refractivity contribution is -0.197. The van der Waals surface area contributed by atoms with Crippen molar-refractivity contribution in [2.24, 2.45) is 0 Å². The van der Waals surface area contributed by atoms with E-state index < -0.39 is 5.79 Å². The van der Waals surface area contributed by atoms with Crippen LogP contribution in [0.15, 0.2) is 78.9 Å². The first-order chi connectivity index (χ1) is 27.1. The molecule has 2 atom stereocenters. The molecule has 0 bridgehead atoms. The Morgan fingerprint density at radius 3 is 1.53 bits per heavy atom. The normalized spacial score (nSPS) is 21.6. The lowest BCUT2D eigenvalue weighted by Gasteiger charge is -2.36. The molecular formula is C50H81NO4. The Morgan fingerprint density at radius 1 is 0.618 bits per heavy atom. The van der Waals surface area contributed by atoms with E-state index >= 15 is 0 Å². The largest absolute Gasteiger partial charge is 0.445 e. The molecule has 2 aliphatic rings. The Hall–Kier alpha value is -2.63. The number of hydrogen-bond donors (Lipinski definition) is 1. The molecule has 0 aromatic heterocycles. The van der Waals surface area contributed by atoms with Crippen molar-refractivity contribution in [3.8, 4) is 0 Å². The number of nitrogens with one attached hydrogen (secondary N) is 1. The van der Waals surface area contributed by atoms with Crippen LogP contribution in [-0.4, -0.2) is 30.1 Å². The second kappa shape index (κ2) is 31.5. The fourth-order valence-electron chi connectivity index (χ4n) is 7.90. The maximum absolute atomic E-state index is 12.5. The molecule has 1 saturated carbocycles. The van der Waals surface area contributed by atoms with Gasteiger partial charge in [0, 0.05) is 18.9 Å². The second-order valence-corrected chi connectivity index (χ2v) is 16.2. The number of alkyl carbamates (subject to hydrolysis) is 1. The Bertz CT molecular complexity index is 1130. The van der Waals surface area contributed by atoms with Gasteiger partial charge in [-0.25, -0.2) is 4.79 Å². The molecule has 5 nitrogen and oxygen atoms in total. The fourth-order valence-corrected chi connectivity index (χ4v) is 7.90. The highest BCUT2D eigenvalue weighted by Crippen LogP contribution is 2.43. The van der Waals surface area contributed by atoms with Crippen LogP contribution in [0.1, 0.15) is 199 Å². The first kappa shape index (κ1) is 46.8. The summed E-state index contributed by atoms with van der Waals surface area (Å²) in [6.45, 7) is 4.82. The van der Waals surface area contributed by atoms with Gasteiger partial charge < -0.3 is 19.5 Å². The molecule has 2 fully saturated rings. The van der Waals surface area contributed by atoms with E-state index in [0.717, 1.165) is 56.9 Å². The number of unbranched alkanes of at least 4 members (excludes halogenated alkanes) is 16. The molecule has 3 rings (SSSR count). The zero-order valence-electron chi connectivity index (χ0n) is 35.4. The minimum Gasteiger partial charge on any atom is -0.445 e. The first-order valence-electron chi connectivity index (χ1n) is 23.1. The van der Waals surface area contributed by atoms with Crippen molar-refractivity contribution in [3.63, 3.8) is 0 Å². The molecule has 1 aromatic rings. The Labute approximate surface area is 338 Å². The summed E-state index contributed by atoms with van der Waals surface area (Å²) in [7, 11) is 0. The van der Waals surface area contributed by atoms with Crippen LogP contribution in [0.25, 0.3) is 0 Å². The standard InChI is InChI=1S/C50H81NO4/c1-3-5-7-9-11-13-15-17-19-21-23-25-27-29-34-38-47-48(39-35-30-28-26-24-22-20-18-16-14-12-10-8-6-4-2)55-50(54-47)42-40-46(41-43-50)51-49(52)53-44-45-36-32-31-33-37-45/h11-14,17-20,31-33,36-37,46-48H,3-10,15-16,21-30,34-35,38-44H2,1-2H3,(H,51,52)/b13-11-,14-12-,19-17-,20-18-. The molecule has 1 aromatic carbocycles. The Morgan fingerprint density at radius 2 is 1.05 bits per heavy atom. The van der Waals surface area contributed by atoms with Crippen molar-refractivity contribution >= 4 is 6.09 Å². The topological polar surface area (TPSA) is 56.8 Å². The number of rotatable bonds is 31. The van der Waals surface area contributed by atoms with E-state index in [0.29, 0.717) is 6.61 Å². The molecule has 0 radical (unpaired) electrons. The highest BCUT2D eigenvalue weighted by Gasteiger charge is 2.48. The van der Waals surface area contributed by atoms with Crippen LogP contribution in [-0.2, 0) is 20.8 Å². The average molecular weight is 760 g/mol. The zero-order chi connectivity index (χ0) is 38.9. The summed E-state index contributed by atoms with van der Waals surface area (Å²) >= 11 is 0. The number of hydrogen-bond acceptors (Lipinski definition) is 4. The molecule has 1 saturated heterocycles. The molecule has 1 amide bonds. The minimum atomic E-state index is -0.491. The third kappa shape index (κ3) is 22.6. The van der Waals surface area contributed by atoms with Gasteiger partial charge in [0.1, 0.15) is 6.61 Å². The summed E-state index contributed by atoms with van der Waals surface area (Å²) in [6.07, 6.45) is 52.0. The molecule has 1 heterocycles. The number of amides is 1. The van der Waals surface area contributed by atoms with Gasteiger partial charge in [-0.1, -0.05) is 170 Å². The Kier molecular flexibility index (Phi) is 26.7. The average Bonchev–Trinajstić information content (AvgIpc) is 3.54. The molecule has 1 aliphatic carbocycles. The highest BCUT2D eigenvalue weighted by atomic mass is 16.8. The predicted octanol–water partition coefficient (Wildman–Crippen LogP) is 15.0. The minimum absolute atomic E-state index is 0.0994. The van der Waals surface area contributed by atoms with Crippen LogP contribution in [0.2, 0.25) is 0 Å². The van der Waals surface area contributed by atoms with Crippen molar-refractivity contribution in [1.82, 2.24) is 5.32 Å². The summed E-state index contributed by atoms with van der Waals surface area (Å²) < 4.78 is 19.2. The predicted molar refractivity (Wildman–Crippen MR) is 233 cm³/mol. The lowest BCUT2D eigenvalue weighted by Crippen LogP contribution is -2.44. The zero-order valence-corrected chi connectivity index (χ0v) is 35.4. The molecule has 5 heteroatoms. The van der Waals surface area contributed by atoms with Crippen molar-refractivity contribution < 1.29 is 19.0 Å². The third-order valence-corrected chi connectivity index (χ3v) is 11.3. The molecule has 2 unspecified atom stereocenters. The third-order valence-electron chi connectivity index (χ3n) is 11.3. The lowest BCUT2D eigenvalue weighted by atomic mass is 9.90. The van der Waals surface area contributed by atoms with E-state index in [2.05, 4.69) is 67.8 Å². The fraction of sp³-hybridized carbons (Fsp3) is 0.700. The van der Waals surface area contributed by atoms with Crippen LogP contribution >= 0.6 is 0 Å². The van der Waals surface area contributed by atoms with Gasteiger partial charge in [-0.05, 0) is 95.5 Å². The summed E-state index contributed by atoms with van der Waals surface area (Å²) in [5.74, 6) is -0.491. The summed E-state index contributed by atoms with van der Waals surface area (Å²) in [5, 5.41) is 3.10. The van der Waals surface area contributed by atoms with Crippen LogP contribution in [0, 0.1) is 0 Å². The van der Waals surface area contributed by atoms with Crippen LogP contribution in [0.5, 0.6) is 0 Å². The van der Waals surface area contributed by atoms with Crippen LogP contribution in [0.4, 0.5) is 4.79 Å². The van der Waals surface area contributed by atoms with Crippen molar-refractivity contribution in [3.05, 3.63) is 84.5 Å². The molecular weight excluding hydrogens is 679 g/mol. The number of ether oxygens (including phenoxy) is 3. The summed E-state index contributed by atoms with van der Waals surface area (Å²) in [5.41, 5.74) is 0.998. The van der Waals surface area contributed by atoms with Gasteiger partial charge in [-0.3, -0.25) is 0 Å².